The summed E-state index contributed by atoms with van der Waals surface area (Å²) in [5.41, 5.74) is 1.41. The van der Waals surface area contributed by atoms with Crippen LogP contribution < -0.4 is 4.74 Å². The Bertz CT molecular complexity index is 555. The summed E-state index contributed by atoms with van der Waals surface area (Å²) >= 11 is 5.70. The minimum Gasteiger partial charge on any atom is -0.423 e. The van der Waals surface area contributed by atoms with Crippen LogP contribution in [0.5, 0.6) is 5.75 Å². The van der Waals surface area contributed by atoms with Crippen LogP contribution in [0, 0.1) is 6.92 Å². The van der Waals surface area contributed by atoms with E-state index in [4.69, 9.17) is 16.3 Å². The maximum Gasteiger partial charge on any atom is 0.343 e. The third-order valence-electron chi connectivity index (χ3n) is 2.27. The molecule has 0 radical (unpaired) electrons. The molecule has 0 aliphatic carbocycles. The Morgan fingerprint density at radius 1 is 1.29 bits per heavy atom. The fourth-order valence-electron chi connectivity index (χ4n) is 1.41. The number of ether oxygens (including phenoxy) is 1. The summed E-state index contributed by atoms with van der Waals surface area (Å²) < 4.78 is 5.20. The average Bonchev–Trinajstić information content (AvgIpc) is 2.29. The summed E-state index contributed by atoms with van der Waals surface area (Å²) in [7, 11) is 0. The van der Waals surface area contributed by atoms with Gasteiger partial charge in [0.05, 0.1) is 5.56 Å². The van der Waals surface area contributed by atoms with Crippen LogP contribution in [-0.2, 0) is 0 Å². The molecule has 1 aromatic heterocycles. The highest BCUT2D eigenvalue weighted by molar-refractivity contribution is 6.29. The molecule has 0 spiro atoms. The van der Waals surface area contributed by atoms with Gasteiger partial charge in [-0.2, -0.15) is 0 Å². The number of aromatic nitrogens is 1. The van der Waals surface area contributed by atoms with Crippen molar-refractivity contribution in [1.82, 2.24) is 4.98 Å². The Morgan fingerprint density at radius 3 is 2.76 bits per heavy atom. The quantitative estimate of drug-likeness (QED) is 0.604. The lowest BCUT2D eigenvalue weighted by atomic mass is 10.1. The van der Waals surface area contributed by atoms with E-state index in [2.05, 4.69) is 4.98 Å². The average molecular weight is 248 g/mol. The van der Waals surface area contributed by atoms with E-state index in [1.165, 1.54) is 12.3 Å². The summed E-state index contributed by atoms with van der Waals surface area (Å²) in [5.74, 6) is -0.0105. The number of carbonyl (C=O) groups excluding carboxylic acids is 1. The largest absolute Gasteiger partial charge is 0.423 e. The number of aryl methyl sites for hydroxylation is 1. The van der Waals surface area contributed by atoms with E-state index >= 15 is 0 Å². The highest BCUT2D eigenvalue weighted by atomic mass is 35.5. The van der Waals surface area contributed by atoms with Crippen molar-refractivity contribution in [2.45, 2.75) is 6.92 Å². The third-order valence-corrected chi connectivity index (χ3v) is 2.48. The number of nitrogens with zero attached hydrogens (tertiary/aromatic N) is 1. The van der Waals surface area contributed by atoms with Gasteiger partial charge in [-0.15, -0.1) is 0 Å². The first kappa shape index (κ1) is 11.6. The fourth-order valence-corrected chi connectivity index (χ4v) is 1.58. The van der Waals surface area contributed by atoms with Gasteiger partial charge in [-0.25, -0.2) is 9.78 Å². The van der Waals surface area contributed by atoms with Crippen LogP contribution in [0.3, 0.4) is 0 Å². The van der Waals surface area contributed by atoms with Crippen LogP contribution in [0.4, 0.5) is 0 Å². The van der Waals surface area contributed by atoms with Crippen molar-refractivity contribution in [1.29, 1.82) is 0 Å². The smallest absolute Gasteiger partial charge is 0.343 e. The fraction of sp³-hybridized carbons (Fsp3) is 0.0769. The molecule has 0 aliphatic rings. The zero-order valence-corrected chi connectivity index (χ0v) is 9.94. The van der Waals surface area contributed by atoms with Gasteiger partial charge in [0.25, 0.3) is 0 Å². The standard InChI is InChI=1S/C13H10ClNO2/c1-9-4-2-3-5-11(9)13(16)17-10-6-7-15-12(14)8-10/h2-8H,1H3. The molecule has 0 unspecified atom stereocenters. The second kappa shape index (κ2) is 4.97. The molecular weight excluding hydrogens is 238 g/mol. The first-order valence-electron chi connectivity index (χ1n) is 5.06. The molecule has 2 aromatic rings. The van der Waals surface area contributed by atoms with Crippen LogP contribution in [0.1, 0.15) is 15.9 Å². The van der Waals surface area contributed by atoms with Gasteiger partial charge in [-0.3, -0.25) is 0 Å². The van der Waals surface area contributed by atoms with Gasteiger partial charge in [-0.1, -0.05) is 29.8 Å². The van der Waals surface area contributed by atoms with Crippen molar-refractivity contribution in [2.75, 3.05) is 0 Å². The number of hydrogen-bond donors (Lipinski definition) is 0. The van der Waals surface area contributed by atoms with E-state index in [1.807, 2.05) is 19.1 Å². The second-order valence-corrected chi connectivity index (χ2v) is 3.91. The number of pyridine rings is 1. The molecular formula is C13H10ClNO2. The first-order chi connectivity index (χ1) is 8.16. The molecule has 0 aliphatic heterocycles. The van der Waals surface area contributed by atoms with Gasteiger partial charge in [-0.05, 0) is 24.6 Å². The summed E-state index contributed by atoms with van der Waals surface area (Å²) in [4.78, 5) is 15.7. The van der Waals surface area contributed by atoms with Crippen LogP contribution in [0.25, 0.3) is 0 Å². The van der Waals surface area contributed by atoms with Gasteiger partial charge in [0.15, 0.2) is 0 Å². The third kappa shape index (κ3) is 2.82. The van der Waals surface area contributed by atoms with E-state index in [0.29, 0.717) is 16.5 Å². The van der Waals surface area contributed by atoms with Gasteiger partial charge in [0.2, 0.25) is 0 Å². The number of benzene rings is 1. The van der Waals surface area contributed by atoms with Crippen molar-refractivity contribution in [3.63, 3.8) is 0 Å². The number of carbonyl (C=O) groups is 1. The maximum atomic E-state index is 11.9. The lowest BCUT2D eigenvalue weighted by Gasteiger charge is -2.06. The summed E-state index contributed by atoms with van der Waals surface area (Å²) in [6, 6.07) is 10.3. The van der Waals surface area contributed by atoms with E-state index in [1.54, 1.807) is 18.2 Å². The Morgan fingerprint density at radius 2 is 2.06 bits per heavy atom. The molecule has 2 rings (SSSR count). The molecule has 0 saturated carbocycles. The molecule has 3 nitrogen and oxygen atoms in total. The Labute approximate surface area is 104 Å². The number of halogens is 1. The molecule has 1 aromatic carbocycles. The molecule has 0 atom stereocenters. The van der Waals surface area contributed by atoms with Crippen molar-refractivity contribution in [3.05, 3.63) is 58.9 Å². The zero-order chi connectivity index (χ0) is 12.3. The lowest BCUT2D eigenvalue weighted by Crippen LogP contribution is -2.10. The van der Waals surface area contributed by atoms with Crippen LogP contribution in [0.15, 0.2) is 42.6 Å². The molecule has 4 heteroatoms. The van der Waals surface area contributed by atoms with Crippen molar-refractivity contribution in [3.8, 4) is 5.75 Å². The highest BCUT2D eigenvalue weighted by Crippen LogP contribution is 2.17. The minimum absolute atomic E-state index is 0.292. The van der Waals surface area contributed by atoms with Crippen LogP contribution in [0.2, 0.25) is 5.15 Å². The summed E-state index contributed by atoms with van der Waals surface area (Å²) in [6.07, 6.45) is 1.49. The summed E-state index contributed by atoms with van der Waals surface area (Å²) in [6.45, 7) is 1.86. The lowest BCUT2D eigenvalue weighted by molar-refractivity contribution is 0.0734. The molecule has 0 saturated heterocycles. The number of rotatable bonds is 2. The number of hydrogen-bond acceptors (Lipinski definition) is 3. The van der Waals surface area contributed by atoms with E-state index in [0.717, 1.165) is 5.56 Å². The molecule has 0 amide bonds. The molecule has 0 N–H and O–H groups in total. The zero-order valence-electron chi connectivity index (χ0n) is 9.18. The van der Waals surface area contributed by atoms with E-state index in [9.17, 15) is 4.79 Å². The van der Waals surface area contributed by atoms with Crippen molar-refractivity contribution in [2.24, 2.45) is 0 Å². The van der Waals surface area contributed by atoms with Crippen molar-refractivity contribution >= 4 is 17.6 Å². The van der Waals surface area contributed by atoms with Crippen LogP contribution >= 0.6 is 11.6 Å². The Balaban J connectivity index is 2.20. The Kier molecular flexibility index (Phi) is 3.40. The molecule has 17 heavy (non-hydrogen) atoms. The molecule has 0 fully saturated rings. The second-order valence-electron chi connectivity index (χ2n) is 3.52. The van der Waals surface area contributed by atoms with Gasteiger partial charge < -0.3 is 4.74 Å². The topological polar surface area (TPSA) is 39.2 Å². The van der Waals surface area contributed by atoms with Gasteiger partial charge in [0, 0.05) is 12.3 Å². The molecule has 1 heterocycles. The van der Waals surface area contributed by atoms with Gasteiger partial charge in [0.1, 0.15) is 10.9 Å². The van der Waals surface area contributed by atoms with E-state index in [-0.39, 0.29) is 0 Å². The van der Waals surface area contributed by atoms with Crippen molar-refractivity contribution < 1.29 is 9.53 Å². The monoisotopic (exact) mass is 247 g/mol. The summed E-state index contributed by atoms with van der Waals surface area (Å²) in [5, 5.41) is 0.292. The molecule has 0 bridgehead atoms. The first-order valence-corrected chi connectivity index (χ1v) is 5.44. The van der Waals surface area contributed by atoms with E-state index < -0.39 is 5.97 Å². The molecule has 86 valence electrons. The normalized spacial score (nSPS) is 10.0. The predicted molar refractivity (Wildman–Crippen MR) is 65.4 cm³/mol. The SMILES string of the molecule is Cc1ccccc1C(=O)Oc1ccnc(Cl)c1. The highest BCUT2D eigenvalue weighted by Gasteiger charge is 2.10. The van der Waals surface area contributed by atoms with Crippen LogP contribution in [-0.4, -0.2) is 11.0 Å². The van der Waals surface area contributed by atoms with Gasteiger partial charge >= 0.3 is 5.97 Å². The minimum atomic E-state index is -0.398. The maximum absolute atomic E-state index is 11.9. The predicted octanol–water partition coefficient (Wildman–Crippen LogP) is 3.26. The number of esters is 1. The Hall–Kier alpha value is -1.87.